The lowest BCUT2D eigenvalue weighted by atomic mass is 9.95. The smallest absolute Gasteiger partial charge is 0.125 e. The number of aliphatic hydroxyl groups excluding tert-OH is 1. The number of nitrogens with one attached hydrogen (secondary N) is 1. The second-order valence-corrected chi connectivity index (χ2v) is 6.98. The molecule has 0 saturated carbocycles. The minimum absolute atomic E-state index is 0.0784. The van der Waals surface area contributed by atoms with Gasteiger partial charge in [0.2, 0.25) is 0 Å². The van der Waals surface area contributed by atoms with E-state index in [4.69, 9.17) is 0 Å². The number of aromatic nitrogens is 1. The first-order valence-electron chi connectivity index (χ1n) is 8.77. The van der Waals surface area contributed by atoms with E-state index < -0.39 is 0 Å². The molecular formula is C22H24N2O2S. The Labute approximate surface area is 164 Å². The Morgan fingerprint density at radius 3 is 2.59 bits per heavy atom. The Balaban J connectivity index is 2.31. The van der Waals surface area contributed by atoms with E-state index in [-0.39, 0.29) is 12.4 Å². The van der Waals surface area contributed by atoms with E-state index in [0.29, 0.717) is 17.0 Å². The molecule has 4 nitrogen and oxygen atoms in total. The largest absolute Gasteiger partial charge is 0.507 e. The van der Waals surface area contributed by atoms with Gasteiger partial charge in [-0.3, -0.25) is 0 Å². The van der Waals surface area contributed by atoms with Crippen LogP contribution in [0.2, 0.25) is 0 Å². The molecule has 0 atom stereocenters. The maximum Gasteiger partial charge on any atom is 0.125 e. The molecule has 0 amide bonds. The van der Waals surface area contributed by atoms with Crippen molar-refractivity contribution in [3.8, 4) is 5.75 Å². The summed E-state index contributed by atoms with van der Waals surface area (Å²) in [6.07, 6.45) is 1.96. The third-order valence-electron chi connectivity index (χ3n) is 4.64. The van der Waals surface area contributed by atoms with Crippen LogP contribution < -0.4 is 5.32 Å². The molecule has 5 heteroatoms. The lowest BCUT2D eigenvalue weighted by Crippen LogP contribution is -2.09. The minimum atomic E-state index is 0.0784. The van der Waals surface area contributed by atoms with Gasteiger partial charge in [0.05, 0.1) is 12.3 Å². The fourth-order valence-electron chi connectivity index (χ4n) is 3.43. The van der Waals surface area contributed by atoms with Crippen molar-refractivity contribution >= 4 is 34.8 Å². The van der Waals surface area contributed by atoms with E-state index in [0.717, 1.165) is 33.3 Å². The summed E-state index contributed by atoms with van der Waals surface area (Å²) >= 11 is 4.56. The first-order chi connectivity index (χ1) is 13.0. The molecule has 27 heavy (non-hydrogen) atoms. The van der Waals surface area contributed by atoms with Gasteiger partial charge in [-0.1, -0.05) is 24.8 Å². The van der Waals surface area contributed by atoms with Crippen molar-refractivity contribution in [1.29, 1.82) is 0 Å². The van der Waals surface area contributed by atoms with Gasteiger partial charge in [0.25, 0.3) is 0 Å². The molecule has 0 aliphatic rings. The van der Waals surface area contributed by atoms with E-state index in [2.05, 4.69) is 24.5 Å². The molecule has 1 aromatic heterocycles. The maximum absolute atomic E-state index is 10.5. The number of fused-ring (bicyclic) bond motifs is 1. The summed E-state index contributed by atoms with van der Waals surface area (Å²) in [6.45, 7) is 6.61. The van der Waals surface area contributed by atoms with Gasteiger partial charge < -0.3 is 20.1 Å². The average molecular weight is 381 g/mol. The number of aryl methyl sites for hydroxylation is 1. The number of nitrogens with zero attached hydrogens (tertiary/aromatic N) is 1. The van der Waals surface area contributed by atoms with Crippen molar-refractivity contribution in [3.63, 3.8) is 0 Å². The van der Waals surface area contributed by atoms with E-state index in [1.165, 1.54) is 0 Å². The summed E-state index contributed by atoms with van der Waals surface area (Å²) in [6, 6.07) is 13.6. The monoisotopic (exact) mass is 380 g/mol. The Kier molecular flexibility index (Phi) is 5.63. The predicted octanol–water partition coefficient (Wildman–Crippen LogP) is 4.18. The third kappa shape index (κ3) is 3.61. The molecule has 2 aromatic carbocycles. The molecule has 3 aromatic rings. The Bertz CT molecular complexity index is 1030. The number of phenolic OH excluding ortho intramolecular Hbond substituents is 1. The van der Waals surface area contributed by atoms with Crippen LogP contribution in [0.5, 0.6) is 5.75 Å². The number of benzene rings is 2. The molecule has 0 spiro atoms. The molecular weight excluding hydrogens is 356 g/mol. The highest BCUT2D eigenvalue weighted by molar-refractivity contribution is 7.85. The zero-order chi connectivity index (χ0) is 19.6. The number of allylic oxidation sites excluding steroid dienone is 1. The van der Waals surface area contributed by atoms with Crippen LogP contribution in [-0.4, -0.2) is 28.4 Å². The third-order valence-corrected chi connectivity index (χ3v) is 4.86. The topological polar surface area (TPSA) is 57.4 Å². The summed E-state index contributed by atoms with van der Waals surface area (Å²) in [5.74, 6) is 0.205. The van der Waals surface area contributed by atoms with Gasteiger partial charge in [-0.15, -0.1) is 12.6 Å². The van der Waals surface area contributed by atoms with E-state index in [1.54, 1.807) is 6.07 Å². The summed E-state index contributed by atoms with van der Waals surface area (Å²) in [5.41, 5.74) is 5.26. The van der Waals surface area contributed by atoms with Gasteiger partial charge in [-0.2, -0.15) is 0 Å². The standard InChI is InChI=1S/C22H24N2O2S/c1-14-7-8-18(20(26)13-14)22(23-3)21(15(2)27)17-5-4-6-19-16(17)9-10-24(19)11-12-25/h4-10,13,23,25-27H,2,11-12H2,1,3H3/b22-21+. The van der Waals surface area contributed by atoms with E-state index >= 15 is 0 Å². The van der Waals surface area contributed by atoms with Crippen molar-refractivity contribution in [1.82, 2.24) is 9.88 Å². The van der Waals surface area contributed by atoms with Crippen LogP contribution in [0.1, 0.15) is 16.7 Å². The van der Waals surface area contributed by atoms with E-state index in [9.17, 15) is 10.2 Å². The normalized spacial score (nSPS) is 12.1. The predicted molar refractivity (Wildman–Crippen MR) is 116 cm³/mol. The number of rotatable bonds is 6. The first kappa shape index (κ1) is 19.1. The van der Waals surface area contributed by atoms with Gasteiger partial charge in [0.15, 0.2) is 0 Å². The Hall–Kier alpha value is -2.63. The summed E-state index contributed by atoms with van der Waals surface area (Å²) in [4.78, 5) is 0.599. The number of hydrogen-bond donors (Lipinski definition) is 4. The van der Waals surface area contributed by atoms with Gasteiger partial charge in [0.1, 0.15) is 5.75 Å². The highest BCUT2D eigenvalue weighted by Crippen LogP contribution is 2.38. The van der Waals surface area contributed by atoms with Gasteiger partial charge >= 0.3 is 0 Å². The molecule has 0 unspecified atom stereocenters. The molecule has 0 saturated heterocycles. The fraction of sp³-hybridized carbons (Fsp3) is 0.182. The number of thiol groups is 1. The first-order valence-corrected chi connectivity index (χ1v) is 9.22. The van der Waals surface area contributed by atoms with Gasteiger partial charge in [0, 0.05) is 46.7 Å². The van der Waals surface area contributed by atoms with Crippen LogP contribution in [0.25, 0.3) is 22.2 Å². The molecule has 140 valence electrons. The van der Waals surface area contributed by atoms with Gasteiger partial charge in [-0.25, -0.2) is 0 Å². The van der Waals surface area contributed by atoms with E-state index in [1.807, 2.05) is 61.1 Å². The van der Waals surface area contributed by atoms with Crippen LogP contribution in [0.3, 0.4) is 0 Å². The van der Waals surface area contributed by atoms with Crippen molar-refractivity contribution in [2.45, 2.75) is 13.5 Å². The molecule has 3 N–H and O–H groups in total. The molecule has 1 heterocycles. The van der Waals surface area contributed by atoms with Crippen LogP contribution in [0, 0.1) is 6.92 Å². The Morgan fingerprint density at radius 1 is 1.19 bits per heavy atom. The highest BCUT2D eigenvalue weighted by Gasteiger charge is 2.18. The molecule has 0 aliphatic heterocycles. The van der Waals surface area contributed by atoms with Crippen LogP contribution in [0.15, 0.2) is 60.1 Å². The van der Waals surface area contributed by atoms with Crippen molar-refractivity contribution in [2.75, 3.05) is 13.7 Å². The van der Waals surface area contributed by atoms with Crippen LogP contribution in [-0.2, 0) is 6.54 Å². The highest BCUT2D eigenvalue weighted by atomic mass is 32.1. The van der Waals surface area contributed by atoms with Crippen molar-refractivity contribution < 1.29 is 10.2 Å². The average Bonchev–Trinajstić information content (AvgIpc) is 3.04. The molecule has 3 rings (SSSR count). The van der Waals surface area contributed by atoms with Crippen molar-refractivity contribution in [3.05, 3.63) is 76.8 Å². The van der Waals surface area contributed by atoms with Gasteiger partial charge in [-0.05, 0) is 42.3 Å². The lowest BCUT2D eigenvalue weighted by Gasteiger charge is -2.18. The number of aliphatic hydroxyl groups is 1. The van der Waals surface area contributed by atoms with Crippen molar-refractivity contribution in [2.24, 2.45) is 0 Å². The maximum atomic E-state index is 10.5. The Morgan fingerprint density at radius 2 is 1.96 bits per heavy atom. The zero-order valence-electron chi connectivity index (χ0n) is 15.5. The fourth-order valence-corrected chi connectivity index (χ4v) is 3.66. The summed E-state index contributed by atoms with van der Waals surface area (Å²) in [5, 5.41) is 24.1. The van der Waals surface area contributed by atoms with Crippen LogP contribution >= 0.6 is 12.6 Å². The SMILES string of the molecule is C=C(S)/C(=C(\NC)c1ccc(C)cc1O)c1cccc2c1ccn2CCO. The number of aromatic hydroxyl groups is 1. The molecule has 0 aliphatic carbocycles. The summed E-state index contributed by atoms with van der Waals surface area (Å²) < 4.78 is 2.01. The number of phenols is 1. The second kappa shape index (κ2) is 7.94. The zero-order valence-corrected chi connectivity index (χ0v) is 16.4. The number of hydrogen-bond acceptors (Lipinski definition) is 4. The lowest BCUT2D eigenvalue weighted by molar-refractivity contribution is 0.278. The molecule has 0 bridgehead atoms. The summed E-state index contributed by atoms with van der Waals surface area (Å²) in [7, 11) is 1.82. The second-order valence-electron chi connectivity index (χ2n) is 6.44. The van der Waals surface area contributed by atoms with Crippen LogP contribution in [0.4, 0.5) is 0 Å². The minimum Gasteiger partial charge on any atom is -0.507 e. The molecule has 0 fully saturated rings. The molecule has 0 radical (unpaired) electrons. The quantitative estimate of drug-likeness (QED) is 0.295.